The number of anilines is 3. The second-order valence-electron chi connectivity index (χ2n) is 5.84. The molecule has 0 unspecified atom stereocenters. The molecule has 0 fully saturated rings. The third-order valence-corrected chi connectivity index (χ3v) is 3.89. The summed E-state index contributed by atoms with van der Waals surface area (Å²) in [6.45, 7) is 0.546. The Labute approximate surface area is 156 Å². The summed E-state index contributed by atoms with van der Waals surface area (Å²) in [6.07, 6.45) is 5.54. The Balaban J connectivity index is 1.73. The van der Waals surface area contributed by atoms with Gasteiger partial charge >= 0.3 is 0 Å². The van der Waals surface area contributed by atoms with Crippen LogP contribution in [0.25, 0.3) is 0 Å². The fraction of sp³-hybridized carbons (Fsp3) is 0.222. The molecule has 3 aromatic rings. The van der Waals surface area contributed by atoms with E-state index in [4.69, 9.17) is 10.5 Å². The minimum absolute atomic E-state index is 0.228. The lowest BCUT2D eigenvalue weighted by molar-refractivity contribution is 0.100. The molecule has 1 amide bonds. The number of carbonyl (C=O) groups is 1. The summed E-state index contributed by atoms with van der Waals surface area (Å²) in [5.74, 6) is 0.936. The van der Waals surface area contributed by atoms with E-state index in [0.29, 0.717) is 24.7 Å². The van der Waals surface area contributed by atoms with Crippen molar-refractivity contribution in [3.8, 4) is 5.75 Å². The van der Waals surface area contributed by atoms with Crippen molar-refractivity contribution in [3.05, 3.63) is 54.0 Å². The molecule has 0 aliphatic heterocycles. The number of amides is 1. The quantitative estimate of drug-likeness (QED) is 0.554. The lowest BCUT2D eigenvalue weighted by Crippen LogP contribution is -2.18. The van der Waals surface area contributed by atoms with Crippen LogP contribution in [-0.2, 0) is 13.5 Å². The third-order valence-electron chi connectivity index (χ3n) is 3.89. The van der Waals surface area contributed by atoms with Crippen LogP contribution in [-0.4, -0.2) is 39.3 Å². The number of nitrogens with two attached hydrogens (primary N) is 1. The maximum absolute atomic E-state index is 11.7. The van der Waals surface area contributed by atoms with Gasteiger partial charge in [-0.25, -0.2) is 4.98 Å². The summed E-state index contributed by atoms with van der Waals surface area (Å²) >= 11 is 0. The summed E-state index contributed by atoms with van der Waals surface area (Å²) in [5, 5.41) is 10.3. The second kappa shape index (κ2) is 8.17. The highest BCUT2D eigenvalue weighted by Crippen LogP contribution is 2.19. The molecule has 27 heavy (non-hydrogen) atoms. The van der Waals surface area contributed by atoms with Gasteiger partial charge in [0, 0.05) is 26.0 Å². The third kappa shape index (κ3) is 4.51. The second-order valence-corrected chi connectivity index (χ2v) is 5.84. The average Bonchev–Trinajstić information content (AvgIpc) is 3.07. The first-order valence-corrected chi connectivity index (χ1v) is 8.35. The number of aromatic nitrogens is 4. The first kappa shape index (κ1) is 18.2. The van der Waals surface area contributed by atoms with Gasteiger partial charge in [-0.3, -0.25) is 9.48 Å². The van der Waals surface area contributed by atoms with Crippen molar-refractivity contribution < 1.29 is 9.53 Å². The molecule has 2 heterocycles. The molecule has 9 heteroatoms. The molecule has 2 aromatic heterocycles. The number of methoxy groups -OCH3 is 1. The predicted octanol–water partition coefficient (Wildman–Crippen LogP) is 1.72. The van der Waals surface area contributed by atoms with Gasteiger partial charge in [-0.05, 0) is 18.1 Å². The Hall–Kier alpha value is -3.62. The number of ether oxygens (including phenoxy) is 1. The topological polar surface area (TPSA) is 120 Å². The highest BCUT2D eigenvalue weighted by molar-refractivity contribution is 5.97. The van der Waals surface area contributed by atoms with Crippen molar-refractivity contribution in [1.29, 1.82) is 0 Å². The Morgan fingerprint density at radius 2 is 2.11 bits per heavy atom. The average molecular weight is 367 g/mol. The molecule has 0 atom stereocenters. The van der Waals surface area contributed by atoms with E-state index in [1.807, 2.05) is 31.3 Å². The summed E-state index contributed by atoms with van der Waals surface area (Å²) in [4.78, 5) is 20.2. The van der Waals surface area contributed by atoms with Crippen LogP contribution in [0.5, 0.6) is 5.75 Å². The zero-order chi connectivity index (χ0) is 19.2. The van der Waals surface area contributed by atoms with Crippen LogP contribution in [0.3, 0.4) is 0 Å². The number of hydrogen-bond donors (Lipinski definition) is 3. The molecule has 0 aliphatic carbocycles. The van der Waals surface area contributed by atoms with Crippen LogP contribution in [0.15, 0.2) is 42.9 Å². The van der Waals surface area contributed by atoms with E-state index in [9.17, 15) is 4.79 Å². The Bertz CT molecular complexity index is 939. The molecular formula is C18H21N7O2. The van der Waals surface area contributed by atoms with Gasteiger partial charge in [-0.15, -0.1) is 0 Å². The highest BCUT2D eigenvalue weighted by atomic mass is 16.5. The van der Waals surface area contributed by atoms with Gasteiger partial charge in [-0.2, -0.15) is 10.1 Å². The molecule has 0 bridgehead atoms. The van der Waals surface area contributed by atoms with E-state index in [0.717, 1.165) is 17.0 Å². The number of nitrogens with one attached hydrogen (secondary N) is 2. The maximum atomic E-state index is 11.7. The molecule has 3 rings (SSSR count). The van der Waals surface area contributed by atoms with Gasteiger partial charge in [0.1, 0.15) is 11.6 Å². The molecule has 0 saturated carbocycles. The van der Waals surface area contributed by atoms with Crippen LogP contribution >= 0.6 is 0 Å². The summed E-state index contributed by atoms with van der Waals surface area (Å²) in [6, 6.07) is 7.77. The van der Waals surface area contributed by atoms with Crippen LogP contribution in [0.4, 0.5) is 17.5 Å². The van der Waals surface area contributed by atoms with E-state index in [2.05, 4.69) is 25.7 Å². The van der Waals surface area contributed by atoms with E-state index in [1.165, 1.54) is 6.20 Å². The van der Waals surface area contributed by atoms with Crippen molar-refractivity contribution in [2.45, 2.75) is 6.42 Å². The van der Waals surface area contributed by atoms with Crippen molar-refractivity contribution in [2.24, 2.45) is 12.8 Å². The standard InChI is InChI=1S/C18H21N7O2/c1-25-11-13(9-22-25)23-18-21-10-14(16(19)26)17(24-18)20-8-7-12-5-3-4-6-15(12)27-2/h3-6,9-11H,7-8H2,1-2H3,(H2,19,26)(H2,20,21,23,24). The molecule has 0 saturated heterocycles. The van der Waals surface area contributed by atoms with E-state index in [-0.39, 0.29) is 5.56 Å². The van der Waals surface area contributed by atoms with Gasteiger partial charge in [0.2, 0.25) is 5.95 Å². The molecule has 9 nitrogen and oxygen atoms in total. The molecule has 1 aromatic carbocycles. The van der Waals surface area contributed by atoms with Crippen molar-refractivity contribution in [1.82, 2.24) is 19.7 Å². The number of nitrogens with zero attached hydrogens (tertiary/aromatic N) is 4. The Kier molecular flexibility index (Phi) is 5.50. The number of hydrogen-bond acceptors (Lipinski definition) is 7. The van der Waals surface area contributed by atoms with Gasteiger partial charge in [0.15, 0.2) is 0 Å². The maximum Gasteiger partial charge on any atom is 0.254 e. The Morgan fingerprint density at radius 3 is 2.81 bits per heavy atom. The fourth-order valence-corrected chi connectivity index (χ4v) is 2.60. The van der Waals surface area contributed by atoms with Gasteiger partial charge in [0.05, 0.1) is 24.6 Å². The van der Waals surface area contributed by atoms with Gasteiger partial charge < -0.3 is 21.1 Å². The lowest BCUT2D eigenvalue weighted by atomic mass is 10.1. The molecule has 140 valence electrons. The van der Waals surface area contributed by atoms with Crippen molar-refractivity contribution >= 4 is 23.4 Å². The monoisotopic (exact) mass is 367 g/mol. The normalized spacial score (nSPS) is 10.4. The van der Waals surface area contributed by atoms with E-state index >= 15 is 0 Å². The summed E-state index contributed by atoms with van der Waals surface area (Å²) in [5.41, 5.74) is 7.46. The zero-order valence-electron chi connectivity index (χ0n) is 15.1. The number of para-hydroxylation sites is 1. The van der Waals surface area contributed by atoms with Crippen molar-refractivity contribution in [2.75, 3.05) is 24.3 Å². The minimum Gasteiger partial charge on any atom is -0.496 e. The molecular weight excluding hydrogens is 346 g/mol. The summed E-state index contributed by atoms with van der Waals surface area (Å²) < 4.78 is 7.01. The molecule has 0 radical (unpaired) electrons. The highest BCUT2D eigenvalue weighted by Gasteiger charge is 2.13. The van der Waals surface area contributed by atoms with Crippen LogP contribution in [0.2, 0.25) is 0 Å². The van der Waals surface area contributed by atoms with Gasteiger partial charge in [-0.1, -0.05) is 18.2 Å². The van der Waals surface area contributed by atoms with Crippen LogP contribution in [0, 0.1) is 0 Å². The van der Waals surface area contributed by atoms with E-state index < -0.39 is 5.91 Å². The number of aryl methyl sites for hydroxylation is 1. The van der Waals surface area contributed by atoms with Crippen molar-refractivity contribution in [3.63, 3.8) is 0 Å². The van der Waals surface area contributed by atoms with Crippen LogP contribution in [0.1, 0.15) is 15.9 Å². The fourth-order valence-electron chi connectivity index (χ4n) is 2.60. The first-order chi connectivity index (χ1) is 13.1. The summed E-state index contributed by atoms with van der Waals surface area (Å²) in [7, 11) is 3.45. The van der Waals surface area contributed by atoms with Gasteiger partial charge in [0.25, 0.3) is 5.91 Å². The lowest BCUT2D eigenvalue weighted by Gasteiger charge is -2.12. The molecule has 0 aliphatic rings. The predicted molar refractivity (Wildman–Crippen MR) is 102 cm³/mol. The number of carbonyl (C=O) groups excluding carboxylic acids is 1. The smallest absolute Gasteiger partial charge is 0.254 e. The molecule has 0 spiro atoms. The van der Waals surface area contributed by atoms with E-state index in [1.54, 1.807) is 24.2 Å². The first-order valence-electron chi connectivity index (χ1n) is 8.35. The number of benzene rings is 1. The SMILES string of the molecule is COc1ccccc1CCNc1nc(Nc2cnn(C)c2)ncc1C(N)=O. The number of rotatable bonds is 8. The van der Waals surface area contributed by atoms with Crippen LogP contribution < -0.4 is 21.1 Å². The largest absolute Gasteiger partial charge is 0.496 e. The Morgan fingerprint density at radius 1 is 1.30 bits per heavy atom. The minimum atomic E-state index is -0.595. The number of primary amides is 1. The zero-order valence-corrected chi connectivity index (χ0v) is 15.1. The molecule has 4 N–H and O–H groups in total.